The van der Waals surface area contributed by atoms with Crippen molar-refractivity contribution in [1.82, 2.24) is 5.32 Å². The van der Waals surface area contributed by atoms with Crippen LogP contribution in [-0.2, 0) is 21.4 Å². The summed E-state index contributed by atoms with van der Waals surface area (Å²) in [7, 11) is -5.81. The maximum absolute atomic E-state index is 12.5. The molecule has 0 spiro atoms. The van der Waals surface area contributed by atoms with Crippen LogP contribution in [0.25, 0.3) is 0 Å². The van der Waals surface area contributed by atoms with Crippen LogP contribution in [0.1, 0.15) is 5.56 Å². The zero-order valence-corrected chi connectivity index (χ0v) is 18.8. The molecule has 0 fully saturated rings. The molecule has 2 aromatic carbocycles. The van der Waals surface area contributed by atoms with Gasteiger partial charge in [0.15, 0.2) is 5.84 Å². The Bertz CT molecular complexity index is 1100. The molecule has 0 saturated heterocycles. The molecule has 0 saturated carbocycles. The van der Waals surface area contributed by atoms with Crippen molar-refractivity contribution in [3.63, 3.8) is 0 Å². The first-order chi connectivity index (χ1) is 15.9. The summed E-state index contributed by atoms with van der Waals surface area (Å²) >= 11 is 5.80. The van der Waals surface area contributed by atoms with Gasteiger partial charge in [-0.3, -0.25) is 0 Å². The zero-order valence-electron chi connectivity index (χ0n) is 17.3. The predicted molar refractivity (Wildman–Crippen MR) is 118 cm³/mol. The first-order valence-electron chi connectivity index (χ1n) is 9.40. The van der Waals surface area contributed by atoms with Crippen molar-refractivity contribution in [1.29, 1.82) is 0 Å². The molecule has 0 aliphatic rings. The summed E-state index contributed by atoms with van der Waals surface area (Å²) in [5.74, 6) is -0.723. The largest absolute Gasteiger partial charge is 0.534 e. The van der Waals surface area contributed by atoms with Crippen LogP contribution < -0.4 is 20.6 Å². The smallest absolute Gasteiger partial charge is 0.393 e. The number of hydrogen-bond donors (Lipinski definition) is 4. The standard InChI is InChI=1S/C19H20ClF3N4O6S/c20-13-3-5-14(6-4-13)25-18(29)26-16(17(24)27-32-10-9-28)11-12-1-7-15(8-2-12)33-34(30,31)19(21,22)23/h1-8,16,28H,9-11H2,(H2,24,27)(H2,25,26,29). The number of aliphatic hydroxyl groups excluding tert-OH is 1. The number of hydrogen-bond acceptors (Lipinski definition) is 7. The van der Waals surface area contributed by atoms with Gasteiger partial charge in [-0.2, -0.15) is 21.6 Å². The van der Waals surface area contributed by atoms with Gasteiger partial charge in [0.1, 0.15) is 12.4 Å². The van der Waals surface area contributed by atoms with Gasteiger partial charge in [0.05, 0.1) is 12.6 Å². The summed E-state index contributed by atoms with van der Waals surface area (Å²) in [6.45, 7) is -0.474. The molecule has 15 heteroatoms. The molecule has 5 N–H and O–H groups in total. The van der Waals surface area contributed by atoms with Gasteiger partial charge in [0.2, 0.25) is 0 Å². The minimum Gasteiger partial charge on any atom is -0.393 e. The van der Waals surface area contributed by atoms with E-state index in [1.165, 1.54) is 12.1 Å². The number of nitrogens with one attached hydrogen (secondary N) is 2. The maximum Gasteiger partial charge on any atom is 0.534 e. The molecule has 0 aliphatic heterocycles. The first-order valence-corrected chi connectivity index (χ1v) is 11.2. The zero-order chi connectivity index (χ0) is 25.4. The van der Waals surface area contributed by atoms with Crippen molar-refractivity contribution in [3.8, 4) is 5.75 Å². The van der Waals surface area contributed by atoms with E-state index in [-0.39, 0.29) is 25.5 Å². The molecule has 2 rings (SSSR count). The summed E-state index contributed by atoms with van der Waals surface area (Å²) in [6.07, 6.45) is -0.00183. The van der Waals surface area contributed by atoms with Crippen LogP contribution in [0.5, 0.6) is 5.75 Å². The molecule has 0 heterocycles. The molecule has 1 atom stereocenters. The summed E-state index contributed by atoms with van der Waals surface area (Å²) in [4.78, 5) is 17.2. The number of amidine groups is 1. The molecule has 2 amide bonds. The Labute approximate surface area is 197 Å². The Morgan fingerprint density at radius 1 is 1.15 bits per heavy atom. The number of nitrogens with zero attached hydrogens (tertiary/aromatic N) is 1. The SMILES string of the molecule is NC(=NOCCO)C(Cc1ccc(OS(=O)(=O)C(F)(F)F)cc1)NC(=O)Nc1ccc(Cl)cc1. The number of anilines is 1. The third kappa shape index (κ3) is 8.28. The van der Waals surface area contributed by atoms with E-state index in [0.717, 1.165) is 12.1 Å². The lowest BCUT2D eigenvalue weighted by molar-refractivity contribution is -0.0500. The summed E-state index contributed by atoms with van der Waals surface area (Å²) in [5, 5.41) is 18.0. The Morgan fingerprint density at radius 3 is 2.32 bits per heavy atom. The van der Waals surface area contributed by atoms with E-state index in [1.807, 2.05) is 0 Å². The van der Waals surface area contributed by atoms with Gasteiger partial charge in [-0.25, -0.2) is 4.79 Å². The molecule has 1 unspecified atom stereocenters. The van der Waals surface area contributed by atoms with Crippen molar-refractivity contribution in [2.24, 2.45) is 10.9 Å². The highest BCUT2D eigenvalue weighted by atomic mass is 35.5. The quantitative estimate of drug-likeness (QED) is 0.0930. The molecular weight excluding hydrogens is 505 g/mol. The van der Waals surface area contributed by atoms with Crippen molar-refractivity contribution >= 4 is 39.3 Å². The maximum atomic E-state index is 12.5. The number of amides is 2. The molecule has 2 aromatic rings. The number of rotatable bonds is 10. The van der Waals surface area contributed by atoms with Gasteiger partial charge in [-0.15, -0.1) is 0 Å². The third-order valence-electron chi connectivity index (χ3n) is 3.97. The summed E-state index contributed by atoms with van der Waals surface area (Å²) in [6, 6.07) is 9.24. The summed E-state index contributed by atoms with van der Waals surface area (Å²) < 4.78 is 63.7. The third-order valence-corrected chi connectivity index (χ3v) is 5.20. The van der Waals surface area contributed by atoms with E-state index in [2.05, 4.69) is 20.0 Å². The summed E-state index contributed by atoms with van der Waals surface area (Å²) in [5.41, 5.74) is 1.18. The van der Waals surface area contributed by atoms with E-state index in [0.29, 0.717) is 16.3 Å². The number of alkyl halides is 3. The normalized spacial score (nSPS) is 13.1. The topological polar surface area (TPSA) is 152 Å². The van der Waals surface area contributed by atoms with E-state index < -0.39 is 33.4 Å². The van der Waals surface area contributed by atoms with E-state index in [9.17, 15) is 26.4 Å². The lowest BCUT2D eigenvalue weighted by Crippen LogP contribution is -2.47. The molecule has 0 bridgehead atoms. The number of benzene rings is 2. The number of halogens is 4. The number of oxime groups is 1. The Hall–Kier alpha value is -3.23. The molecule has 0 radical (unpaired) electrons. The average Bonchev–Trinajstić information content (AvgIpc) is 2.75. The number of urea groups is 1. The van der Waals surface area contributed by atoms with Gasteiger partial charge in [0, 0.05) is 17.1 Å². The lowest BCUT2D eigenvalue weighted by Gasteiger charge is -2.19. The molecule has 0 aliphatic carbocycles. The fourth-order valence-corrected chi connectivity index (χ4v) is 2.99. The lowest BCUT2D eigenvalue weighted by atomic mass is 10.1. The van der Waals surface area contributed by atoms with Crippen LogP contribution in [0.4, 0.5) is 23.7 Å². The Kier molecular flexibility index (Phi) is 9.35. The molecule has 186 valence electrons. The number of carbonyl (C=O) groups excluding carboxylic acids is 1. The van der Waals surface area contributed by atoms with E-state index in [4.69, 9.17) is 27.3 Å². The van der Waals surface area contributed by atoms with Gasteiger partial charge < -0.3 is 30.5 Å². The second-order valence-electron chi connectivity index (χ2n) is 6.56. The van der Waals surface area contributed by atoms with Crippen molar-refractivity contribution < 1.29 is 40.5 Å². The van der Waals surface area contributed by atoms with Gasteiger partial charge in [-0.05, 0) is 42.0 Å². The fourth-order valence-electron chi connectivity index (χ4n) is 2.40. The van der Waals surface area contributed by atoms with Crippen LogP contribution in [0.15, 0.2) is 53.7 Å². The predicted octanol–water partition coefficient (Wildman–Crippen LogP) is 2.58. The van der Waals surface area contributed by atoms with Crippen molar-refractivity contribution in [2.45, 2.75) is 18.0 Å². The highest BCUT2D eigenvalue weighted by Gasteiger charge is 2.48. The highest BCUT2D eigenvalue weighted by Crippen LogP contribution is 2.27. The minimum absolute atomic E-state index is 0.00183. The van der Waals surface area contributed by atoms with Gasteiger partial charge in [0.25, 0.3) is 0 Å². The van der Waals surface area contributed by atoms with Crippen molar-refractivity contribution in [2.75, 3.05) is 18.5 Å². The van der Waals surface area contributed by atoms with Crippen LogP contribution in [0.2, 0.25) is 5.02 Å². The minimum atomic E-state index is -5.81. The fraction of sp³-hybridized carbons (Fsp3) is 0.263. The second-order valence-corrected chi connectivity index (χ2v) is 8.54. The van der Waals surface area contributed by atoms with Crippen LogP contribution in [0.3, 0.4) is 0 Å². The number of nitrogens with two attached hydrogens (primary N) is 1. The number of aliphatic hydroxyl groups is 1. The molecule has 10 nitrogen and oxygen atoms in total. The Morgan fingerprint density at radius 2 is 1.76 bits per heavy atom. The molecule has 0 aromatic heterocycles. The average molecular weight is 525 g/mol. The second kappa shape index (κ2) is 11.8. The van der Waals surface area contributed by atoms with E-state index in [1.54, 1.807) is 24.3 Å². The van der Waals surface area contributed by atoms with Crippen LogP contribution in [0, 0.1) is 0 Å². The number of carbonyl (C=O) groups is 1. The van der Waals surface area contributed by atoms with E-state index >= 15 is 0 Å². The van der Waals surface area contributed by atoms with Gasteiger partial charge >= 0.3 is 21.7 Å². The van der Waals surface area contributed by atoms with Crippen molar-refractivity contribution in [3.05, 3.63) is 59.1 Å². The molecule has 34 heavy (non-hydrogen) atoms. The molecular formula is C19H20ClF3N4O6S. The van der Waals surface area contributed by atoms with Crippen LogP contribution >= 0.6 is 11.6 Å². The monoisotopic (exact) mass is 524 g/mol. The Balaban J connectivity index is 2.13. The first kappa shape index (κ1) is 27.0. The van der Waals surface area contributed by atoms with Gasteiger partial charge in [-0.1, -0.05) is 28.9 Å². The highest BCUT2D eigenvalue weighted by molar-refractivity contribution is 7.88. The van der Waals surface area contributed by atoms with Crippen LogP contribution in [-0.4, -0.2) is 50.2 Å².